The Morgan fingerprint density at radius 2 is 1.89 bits per heavy atom. The summed E-state index contributed by atoms with van der Waals surface area (Å²) in [5.41, 5.74) is 3.47. The maximum atomic E-state index is 12.0. The van der Waals surface area contributed by atoms with Crippen molar-refractivity contribution in [2.75, 3.05) is 11.9 Å². The van der Waals surface area contributed by atoms with E-state index in [1.165, 1.54) is 0 Å². The molecule has 3 rings (SSSR count). The number of benzene rings is 3. The lowest BCUT2D eigenvalue weighted by Gasteiger charge is -2.08. The average molecular weight is 379 g/mol. The van der Waals surface area contributed by atoms with Crippen molar-refractivity contribution in [2.24, 2.45) is 4.99 Å². The van der Waals surface area contributed by atoms with E-state index in [9.17, 15) is 4.79 Å². The number of anilines is 1. The van der Waals surface area contributed by atoms with Crippen LogP contribution in [-0.2, 0) is 4.79 Å². The van der Waals surface area contributed by atoms with Gasteiger partial charge >= 0.3 is 0 Å². The molecule has 136 valence electrons. The molecule has 5 heteroatoms. The first kappa shape index (κ1) is 18.7. The van der Waals surface area contributed by atoms with Crippen LogP contribution in [0.3, 0.4) is 0 Å². The van der Waals surface area contributed by atoms with Crippen LogP contribution in [0.5, 0.6) is 5.75 Å². The first-order valence-corrected chi connectivity index (χ1v) is 8.86. The van der Waals surface area contributed by atoms with Crippen LogP contribution in [0.2, 0.25) is 5.02 Å². The van der Waals surface area contributed by atoms with Gasteiger partial charge in [-0.15, -0.1) is 0 Å². The van der Waals surface area contributed by atoms with E-state index < -0.39 is 0 Å². The van der Waals surface area contributed by atoms with Crippen LogP contribution in [0.4, 0.5) is 11.4 Å². The molecule has 0 saturated heterocycles. The van der Waals surface area contributed by atoms with E-state index in [1.807, 2.05) is 73.7 Å². The number of hydrogen-bond acceptors (Lipinski definition) is 3. The minimum Gasteiger partial charge on any atom is -0.484 e. The second-order valence-electron chi connectivity index (χ2n) is 5.96. The van der Waals surface area contributed by atoms with E-state index >= 15 is 0 Å². The number of halogens is 1. The summed E-state index contributed by atoms with van der Waals surface area (Å²) in [6.07, 6.45) is 1.75. The first-order valence-electron chi connectivity index (χ1n) is 8.48. The predicted octanol–water partition coefficient (Wildman–Crippen LogP) is 5.42. The summed E-state index contributed by atoms with van der Waals surface area (Å²) in [6.45, 7) is 1.91. The normalized spacial score (nSPS) is 10.7. The van der Waals surface area contributed by atoms with Gasteiger partial charge in [-0.2, -0.15) is 0 Å². The van der Waals surface area contributed by atoms with Gasteiger partial charge in [-0.1, -0.05) is 48.0 Å². The van der Waals surface area contributed by atoms with Gasteiger partial charge in [-0.3, -0.25) is 9.79 Å². The van der Waals surface area contributed by atoms with Gasteiger partial charge in [0.1, 0.15) is 5.75 Å². The molecule has 27 heavy (non-hydrogen) atoms. The first-order chi connectivity index (χ1) is 13.1. The van der Waals surface area contributed by atoms with Crippen molar-refractivity contribution in [3.05, 3.63) is 88.9 Å². The highest BCUT2D eigenvalue weighted by Gasteiger charge is 2.04. The molecule has 3 aromatic carbocycles. The minimum atomic E-state index is -0.213. The maximum Gasteiger partial charge on any atom is 0.262 e. The standard InChI is InChI=1S/C22H19ClN2O2/c1-16-10-11-18(23)13-21(16)24-14-17-6-5-9-20(12-17)27-15-22(26)25-19-7-3-2-4-8-19/h2-14H,15H2,1H3,(H,25,26). The van der Waals surface area contributed by atoms with E-state index in [2.05, 4.69) is 10.3 Å². The van der Waals surface area contributed by atoms with Crippen LogP contribution in [0.15, 0.2) is 77.8 Å². The topological polar surface area (TPSA) is 50.7 Å². The molecule has 0 atom stereocenters. The van der Waals surface area contributed by atoms with Gasteiger partial charge in [0.25, 0.3) is 5.91 Å². The van der Waals surface area contributed by atoms with Gasteiger partial charge in [0.15, 0.2) is 6.61 Å². The maximum absolute atomic E-state index is 12.0. The molecule has 0 aromatic heterocycles. The van der Waals surface area contributed by atoms with Crippen LogP contribution in [-0.4, -0.2) is 18.7 Å². The molecule has 0 aliphatic heterocycles. The van der Waals surface area contributed by atoms with Crippen molar-refractivity contribution < 1.29 is 9.53 Å². The SMILES string of the molecule is Cc1ccc(Cl)cc1N=Cc1cccc(OCC(=O)Nc2ccccc2)c1. The summed E-state index contributed by atoms with van der Waals surface area (Å²) < 4.78 is 5.58. The van der Waals surface area contributed by atoms with Crippen molar-refractivity contribution in [3.63, 3.8) is 0 Å². The molecule has 0 aliphatic carbocycles. The molecule has 4 nitrogen and oxygen atoms in total. The van der Waals surface area contributed by atoms with Crippen LogP contribution >= 0.6 is 11.6 Å². The molecule has 0 unspecified atom stereocenters. The lowest BCUT2D eigenvalue weighted by Crippen LogP contribution is -2.20. The van der Waals surface area contributed by atoms with E-state index in [1.54, 1.807) is 12.3 Å². The molecule has 0 saturated carbocycles. The third-order valence-corrected chi connectivity index (χ3v) is 4.04. The van der Waals surface area contributed by atoms with Crippen molar-refractivity contribution >= 4 is 35.1 Å². The zero-order chi connectivity index (χ0) is 19.1. The molecule has 1 amide bonds. The van der Waals surface area contributed by atoms with Crippen molar-refractivity contribution in [2.45, 2.75) is 6.92 Å². The quantitative estimate of drug-likeness (QED) is 0.582. The largest absolute Gasteiger partial charge is 0.484 e. The molecule has 0 radical (unpaired) electrons. The highest BCUT2D eigenvalue weighted by atomic mass is 35.5. The summed E-state index contributed by atoms with van der Waals surface area (Å²) >= 11 is 6.02. The van der Waals surface area contributed by atoms with Crippen molar-refractivity contribution in [1.29, 1.82) is 0 Å². The van der Waals surface area contributed by atoms with Gasteiger partial charge in [0, 0.05) is 16.9 Å². The van der Waals surface area contributed by atoms with Crippen LogP contribution in [0, 0.1) is 6.92 Å². The third kappa shape index (κ3) is 5.69. The molecule has 0 spiro atoms. The smallest absolute Gasteiger partial charge is 0.262 e. The number of aliphatic imine (C=N–C) groups is 1. The Labute approximate surface area is 163 Å². The number of hydrogen-bond donors (Lipinski definition) is 1. The number of para-hydroxylation sites is 1. The summed E-state index contributed by atoms with van der Waals surface area (Å²) in [4.78, 5) is 16.5. The van der Waals surface area contributed by atoms with Gasteiger partial charge < -0.3 is 10.1 Å². The number of ether oxygens (including phenoxy) is 1. The third-order valence-electron chi connectivity index (χ3n) is 3.81. The van der Waals surface area contributed by atoms with E-state index in [4.69, 9.17) is 16.3 Å². The van der Waals surface area contributed by atoms with Crippen molar-refractivity contribution in [1.82, 2.24) is 0 Å². The number of nitrogens with one attached hydrogen (secondary N) is 1. The lowest BCUT2D eigenvalue weighted by atomic mass is 10.2. The Bertz CT molecular complexity index is 956. The number of carbonyl (C=O) groups excluding carboxylic acids is 1. The number of carbonyl (C=O) groups is 1. The number of nitrogens with zero attached hydrogens (tertiary/aromatic N) is 1. The molecule has 0 heterocycles. The Balaban J connectivity index is 1.61. The minimum absolute atomic E-state index is 0.0666. The second-order valence-corrected chi connectivity index (χ2v) is 6.40. The van der Waals surface area contributed by atoms with Gasteiger partial charge in [-0.25, -0.2) is 0 Å². The molecule has 3 aromatic rings. The Hall–Kier alpha value is -3.11. The molecular formula is C22H19ClN2O2. The zero-order valence-electron chi connectivity index (χ0n) is 14.9. The van der Waals surface area contributed by atoms with Crippen LogP contribution in [0.1, 0.15) is 11.1 Å². The van der Waals surface area contributed by atoms with Crippen LogP contribution in [0.25, 0.3) is 0 Å². The fourth-order valence-electron chi connectivity index (χ4n) is 2.42. The summed E-state index contributed by atoms with van der Waals surface area (Å²) in [6, 6.07) is 22.3. The van der Waals surface area contributed by atoms with Gasteiger partial charge in [0.2, 0.25) is 0 Å². The number of aryl methyl sites for hydroxylation is 1. The van der Waals surface area contributed by atoms with E-state index in [0.29, 0.717) is 10.8 Å². The number of rotatable bonds is 6. The number of amides is 1. The van der Waals surface area contributed by atoms with Gasteiger partial charge in [0.05, 0.1) is 5.69 Å². The van der Waals surface area contributed by atoms with Crippen LogP contribution < -0.4 is 10.1 Å². The summed E-state index contributed by atoms with van der Waals surface area (Å²) in [7, 11) is 0. The average Bonchev–Trinajstić information content (AvgIpc) is 2.68. The van der Waals surface area contributed by atoms with E-state index in [0.717, 1.165) is 22.5 Å². The fraction of sp³-hybridized carbons (Fsp3) is 0.0909. The molecule has 1 N–H and O–H groups in total. The molecule has 0 bridgehead atoms. The highest BCUT2D eigenvalue weighted by molar-refractivity contribution is 6.30. The van der Waals surface area contributed by atoms with E-state index in [-0.39, 0.29) is 12.5 Å². The molecular weight excluding hydrogens is 360 g/mol. The van der Waals surface area contributed by atoms with Gasteiger partial charge in [-0.05, 0) is 54.4 Å². The monoisotopic (exact) mass is 378 g/mol. The predicted molar refractivity (Wildman–Crippen MR) is 110 cm³/mol. The fourth-order valence-corrected chi connectivity index (χ4v) is 2.58. The van der Waals surface area contributed by atoms with Crippen molar-refractivity contribution in [3.8, 4) is 5.75 Å². The summed E-state index contributed by atoms with van der Waals surface area (Å²) in [5.74, 6) is 0.389. The lowest BCUT2D eigenvalue weighted by molar-refractivity contribution is -0.118. The highest BCUT2D eigenvalue weighted by Crippen LogP contribution is 2.23. The molecule has 0 aliphatic rings. The second kappa shape index (κ2) is 9.01. The Morgan fingerprint density at radius 3 is 2.70 bits per heavy atom. The Kier molecular flexibility index (Phi) is 6.23. The Morgan fingerprint density at radius 1 is 1.07 bits per heavy atom. The molecule has 0 fully saturated rings. The zero-order valence-corrected chi connectivity index (χ0v) is 15.6. The summed E-state index contributed by atoms with van der Waals surface area (Å²) in [5, 5.41) is 3.43.